The van der Waals surface area contributed by atoms with Crippen molar-refractivity contribution in [1.82, 2.24) is 10.2 Å². The normalized spacial score (nSPS) is 15.3. The molecule has 0 aromatic heterocycles. The van der Waals surface area contributed by atoms with Gasteiger partial charge in [0.1, 0.15) is 0 Å². The first-order chi connectivity index (χ1) is 13.0. The summed E-state index contributed by atoms with van der Waals surface area (Å²) in [4.78, 5) is 26.8. The van der Waals surface area contributed by atoms with E-state index in [4.69, 9.17) is 0 Å². The van der Waals surface area contributed by atoms with Gasteiger partial charge in [0.15, 0.2) is 0 Å². The van der Waals surface area contributed by atoms with Crippen LogP contribution in [0.5, 0.6) is 0 Å². The van der Waals surface area contributed by atoms with Gasteiger partial charge in [0.25, 0.3) is 0 Å². The number of hydrogen-bond acceptors (Lipinski definition) is 3. The van der Waals surface area contributed by atoms with Gasteiger partial charge in [0.2, 0.25) is 0 Å². The fourth-order valence-electron chi connectivity index (χ4n) is 3.23. The maximum absolute atomic E-state index is 12.2. The Morgan fingerprint density at radius 1 is 1.07 bits per heavy atom. The lowest BCUT2D eigenvalue weighted by Gasteiger charge is -2.32. The SMILES string of the molecule is Cc1ccc(NC(=O)C(=O)NC2CCN(Cc3ccccc3)CC2)c(Br)c1. The van der Waals surface area contributed by atoms with E-state index < -0.39 is 11.8 Å². The topological polar surface area (TPSA) is 61.4 Å². The highest BCUT2D eigenvalue weighted by Gasteiger charge is 2.23. The minimum absolute atomic E-state index is 0.0386. The van der Waals surface area contributed by atoms with Gasteiger partial charge in [-0.2, -0.15) is 0 Å². The van der Waals surface area contributed by atoms with Crippen molar-refractivity contribution in [3.05, 3.63) is 64.1 Å². The summed E-state index contributed by atoms with van der Waals surface area (Å²) < 4.78 is 0.762. The van der Waals surface area contributed by atoms with Crippen molar-refractivity contribution < 1.29 is 9.59 Å². The number of likely N-dealkylation sites (tertiary alicyclic amines) is 1. The molecular weight excluding hydrogens is 406 g/mol. The highest BCUT2D eigenvalue weighted by molar-refractivity contribution is 9.10. The summed E-state index contributed by atoms with van der Waals surface area (Å²) in [5.74, 6) is -1.21. The lowest BCUT2D eigenvalue weighted by Crippen LogP contribution is -2.47. The molecular formula is C21H24BrN3O2. The standard InChI is InChI=1S/C21H24BrN3O2/c1-15-7-8-19(18(22)13-15)24-21(27)20(26)23-17-9-11-25(12-10-17)14-16-5-3-2-4-6-16/h2-8,13,17H,9-12,14H2,1H3,(H,23,26)(H,24,27). The van der Waals surface area contributed by atoms with E-state index >= 15 is 0 Å². The van der Waals surface area contributed by atoms with Gasteiger partial charge in [-0.25, -0.2) is 0 Å². The predicted molar refractivity (Wildman–Crippen MR) is 110 cm³/mol. The lowest BCUT2D eigenvalue weighted by molar-refractivity contribution is -0.136. The second-order valence-corrected chi connectivity index (χ2v) is 7.80. The van der Waals surface area contributed by atoms with Crippen molar-refractivity contribution in [3.63, 3.8) is 0 Å². The van der Waals surface area contributed by atoms with Crippen molar-refractivity contribution in [2.45, 2.75) is 32.4 Å². The second-order valence-electron chi connectivity index (χ2n) is 6.95. The molecule has 142 valence electrons. The van der Waals surface area contributed by atoms with Gasteiger partial charge in [-0.1, -0.05) is 36.4 Å². The third-order valence-corrected chi connectivity index (χ3v) is 5.41. The fourth-order valence-corrected chi connectivity index (χ4v) is 3.82. The zero-order chi connectivity index (χ0) is 19.2. The predicted octanol–water partition coefficient (Wildman–Crippen LogP) is 3.48. The molecule has 2 aromatic rings. The summed E-state index contributed by atoms with van der Waals surface area (Å²) in [5, 5.41) is 5.52. The lowest BCUT2D eigenvalue weighted by atomic mass is 10.0. The van der Waals surface area contributed by atoms with Gasteiger partial charge in [0, 0.05) is 30.1 Å². The fraction of sp³-hybridized carbons (Fsp3) is 0.333. The molecule has 2 N–H and O–H groups in total. The largest absolute Gasteiger partial charge is 0.345 e. The van der Waals surface area contributed by atoms with Crippen LogP contribution in [0.1, 0.15) is 24.0 Å². The number of amides is 2. The van der Waals surface area contributed by atoms with E-state index in [-0.39, 0.29) is 6.04 Å². The van der Waals surface area contributed by atoms with Gasteiger partial charge < -0.3 is 10.6 Å². The zero-order valence-electron chi connectivity index (χ0n) is 15.4. The summed E-state index contributed by atoms with van der Waals surface area (Å²) in [6.45, 7) is 4.70. The van der Waals surface area contributed by atoms with Crippen LogP contribution < -0.4 is 10.6 Å². The Morgan fingerprint density at radius 3 is 2.44 bits per heavy atom. The van der Waals surface area contributed by atoms with Gasteiger partial charge in [-0.15, -0.1) is 0 Å². The highest BCUT2D eigenvalue weighted by Crippen LogP contribution is 2.23. The molecule has 1 heterocycles. The smallest absolute Gasteiger partial charge is 0.313 e. The number of nitrogens with zero attached hydrogens (tertiary/aromatic N) is 1. The molecule has 1 fully saturated rings. The molecule has 0 unspecified atom stereocenters. The average molecular weight is 430 g/mol. The number of benzene rings is 2. The summed E-state index contributed by atoms with van der Waals surface area (Å²) in [6, 6.07) is 16.0. The first kappa shape index (κ1) is 19.6. The van der Waals surface area contributed by atoms with Crippen LogP contribution in [0.15, 0.2) is 53.0 Å². The maximum atomic E-state index is 12.2. The van der Waals surface area contributed by atoms with Crippen LogP contribution in [0.2, 0.25) is 0 Å². The van der Waals surface area contributed by atoms with Crippen molar-refractivity contribution >= 4 is 33.4 Å². The van der Waals surface area contributed by atoms with Gasteiger partial charge in [-0.05, 0) is 59.0 Å². The molecule has 27 heavy (non-hydrogen) atoms. The Morgan fingerprint density at radius 2 is 1.78 bits per heavy atom. The van der Waals surface area contributed by atoms with E-state index in [0.717, 1.165) is 42.5 Å². The van der Waals surface area contributed by atoms with Crippen molar-refractivity contribution in [3.8, 4) is 0 Å². The third-order valence-electron chi connectivity index (χ3n) is 4.75. The molecule has 2 amide bonds. The van der Waals surface area contributed by atoms with E-state index in [2.05, 4.69) is 43.6 Å². The van der Waals surface area contributed by atoms with E-state index in [1.165, 1.54) is 5.56 Å². The molecule has 0 bridgehead atoms. The molecule has 1 aliphatic heterocycles. The first-order valence-electron chi connectivity index (χ1n) is 9.15. The van der Waals surface area contributed by atoms with Gasteiger partial charge in [-0.3, -0.25) is 14.5 Å². The van der Waals surface area contributed by atoms with Crippen LogP contribution in [0.3, 0.4) is 0 Å². The molecule has 0 saturated carbocycles. The van der Waals surface area contributed by atoms with E-state index in [0.29, 0.717) is 5.69 Å². The quantitative estimate of drug-likeness (QED) is 0.731. The zero-order valence-corrected chi connectivity index (χ0v) is 17.0. The number of hydrogen-bond donors (Lipinski definition) is 2. The summed E-state index contributed by atoms with van der Waals surface area (Å²) >= 11 is 3.41. The molecule has 3 rings (SSSR count). The Hall–Kier alpha value is -2.18. The van der Waals surface area contributed by atoms with E-state index in [1.54, 1.807) is 6.07 Å². The van der Waals surface area contributed by atoms with E-state index in [1.807, 2.05) is 37.3 Å². The van der Waals surface area contributed by atoms with Gasteiger partial charge in [0.05, 0.1) is 5.69 Å². The molecule has 6 heteroatoms. The number of halogens is 1. The number of nitrogens with one attached hydrogen (secondary N) is 2. The molecule has 0 radical (unpaired) electrons. The van der Waals surface area contributed by atoms with Crippen LogP contribution in [0, 0.1) is 6.92 Å². The van der Waals surface area contributed by atoms with Crippen LogP contribution in [0.25, 0.3) is 0 Å². The van der Waals surface area contributed by atoms with Crippen LogP contribution in [0.4, 0.5) is 5.69 Å². The first-order valence-corrected chi connectivity index (χ1v) is 9.95. The minimum Gasteiger partial charge on any atom is -0.345 e. The maximum Gasteiger partial charge on any atom is 0.313 e. The van der Waals surface area contributed by atoms with Gasteiger partial charge >= 0.3 is 11.8 Å². The molecule has 0 aliphatic carbocycles. The number of piperidine rings is 1. The molecule has 0 spiro atoms. The summed E-state index contributed by atoms with van der Waals surface area (Å²) in [5.41, 5.74) is 2.97. The molecule has 1 saturated heterocycles. The third kappa shape index (κ3) is 5.65. The Balaban J connectivity index is 1.45. The monoisotopic (exact) mass is 429 g/mol. The van der Waals surface area contributed by atoms with E-state index in [9.17, 15) is 9.59 Å². The Bertz CT molecular complexity index is 802. The van der Waals surface area contributed by atoms with Crippen LogP contribution >= 0.6 is 15.9 Å². The molecule has 0 atom stereocenters. The van der Waals surface area contributed by atoms with Crippen LogP contribution in [-0.4, -0.2) is 35.8 Å². The van der Waals surface area contributed by atoms with Crippen molar-refractivity contribution in [2.75, 3.05) is 18.4 Å². The summed E-state index contributed by atoms with van der Waals surface area (Å²) in [7, 11) is 0. The minimum atomic E-state index is -0.633. The Labute approximate surface area is 168 Å². The molecule has 2 aromatic carbocycles. The van der Waals surface area contributed by atoms with Crippen LogP contribution in [-0.2, 0) is 16.1 Å². The molecule has 5 nitrogen and oxygen atoms in total. The number of anilines is 1. The highest BCUT2D eigenvalue weighted by atomic mass is 79.9. The Kier molecular flexibility index (Phi) is 6.63. The number of carbonyl (C=O) groups excluding carboxylic acids is 2. The number of aryl methyl sites for hydroxylation is 1. The second kappa shape index (κ2) is 9.15. The number of rotatable bonds is 4. The summed E-state index contributed by atoms with van der Waals surface area (Å²) in [6.07, 6.45) is 1.69. The average Bonchev–Trinajstić information content (AvgIpc) is 2.66. The molecule has 1 aliphatic rings. The number of carbonyl (C=O) groups is 2. The van der Waals surface area contributed by atoms with Crippen molar-refractivity contribution in [2.24, 2.45) is 0 Å². The van der Waals surface area contributed by atoms with Crippen molar-refractivity contribution in [1.29, 1.82) is 0 Å².